The highest BCUT2D eigenvalue weighted by Gasteiger charge is 1.96. The van der Waals surface area contributed by atoms with Crippen molar-refractivity contribution in [2.45, 2.75) is 13.3 Å². The molecule has 0 unspecified atom stereocenters. The molecule has 0 heterocycles. The maximum absolute atomic E-state index is 5.45. The summed E-state index contributed by atoms with van der Waals surface area (Å²) in [7, 11) is 0. The first-order valence-electron chi connectivity index (χ1n) is 6.33. The highest BCUT2D eigenvalue weighted by atomic mass is 14.5. The molecule has 0 spiro atoms. The first-order chi connectivity index (χ1) is 8.79. The molecule has 2 N–H and O–H groups in total. The zero-order valence-corrected chi connectivity index (χ0v) is 10.8. The van der Waals surface area contributed by atoms with E-state index in [1.54, 1.807) is 0 Å². The van der Waals surface area contributed by atoms with Gasteiger partial charge in [-0.2, -0.15) is 0 Å². The number of aryl methyl sites for hydroxylation is 1. The lowest BCUT2D eigenvalue weighted by atomic mass is 10.0. The molecular weight excluding hydrogens is 218 g/mol. The van der Waals surface area contributed by atoms with E-state index in [0.717, 1.165) is 6.42 Å². The first kappa shape index (κ1) is 12.6. The van der Waals surface area contributed by atoms with Gasteiger partial charge in [-0.15, -0.1) is 0 Å². The minimum Gasteiger partial charge on any atom is -0.330 e. The van der Waals surface area contributed by atoms with E-state index in [-0.39, 0.29) is 0 Å². The maximum Gasteiger partial charge on any atom is -0.00425 e. The van der Waals surface area contributed by atoms with Crippen LogP contribution in [0, 0.1) is 6.92 Å². The molecule has 92 valence electrons. The van der Waals surface area contributed by atoms with E-state index >= 15 is 0 Å². The van der Waals surface area contributed by atoms with Gasteiger partial charge in [-0.25, -0.2) is 0 Å². The van der Waals surface area contributed by atoms with Gasteiger partial charge >= 0.3 is 0 Å². The van der Waals surface area contributed by atoms with Crippen LogP contribution in [-0.2, 0) is 0 Å². The van der Waals surface area contributed by atoms with E-state index in [4.69, 9.17) is 5.73 Å². The van der Waals surface area contributed by atoms with Crippen LogP contribution in [0.4, 0.5) is 0 Å². The maximum atomic E-state index is 5.45. The van der Waals surface area contributed by atoms with E-state index in [1.807, 2.05) is 0 Å². The summed E-state index contributed by atoms with van der Waals surface area (Å²) in [6.45, 7) is 2.81. The van der Waals surface area contributed by atoms with E-state index in [0.29, 0.717) is 6.54 Å². The Morgan fingerprint density at radius 2 is 1.44 bits per heavy atom. The minimum absolute atomic E-state index is 0.706. The van der Waals surface area contributed by atoms with Crippen LogP contribution in [0.15, 0.2) is 54.6 Å². The Labute approximate surface area is 109 Å². The lowest BCUT2D eigenvalue weighted by Crippen LogP contribution is -1.94. The Bertz CT molecular complexity index is 506. The van der Waals surface area contributed by atoms with E-state index < -0.39 is 0 Å². The van der Waals surface area contributed by atoms with Gasteiger partial charge in [-0.1, -0.05) is 66.2 Å². The van der Waals surface area contributed by atoms with Gasteiger partial charge < -0.3 is 5.73 Å². The average molecular weight is 237 g/mol. The molecule has 0 aliphatic heterocycles. The van der Waals surface area contributed by atoms with Crippen LogP contribution in [0.2, 0.25) is 0 Å². The van der Waals surface area contributed by atoms with E-state index in [2.05, 4.69) is 67.6 Å². The molecule has 0 aliphatic carbocycles. The molecule has 0 saturated carbocycles. The first-order valence-corrected chi connectivity index (χ1v) is 6.33. The van der Waals surface area contributed by atoms with Gasteiger partial charge in [0.2, 0.25) is 0 Å². The summed E-state index contributed by atoms with van der Waals surface area (Å²) >= 11 is 0. The molecule has 2 rings (SSSR count). The van der Waals surface area contributed by atoms with Crippen molar-refractivity contribution < 1.29 is 0 Å². The summed E-state index contributed by atoms with van der Waals surface area (Å²) < 4.78 is 0. The van der Waals surface area contributed by atoms with Gasteiger partial charge in [0.05, 0.1) is 0 Å². The largest absolute Gasteiger partial charge is 0.330 e. The smallest absolute Gasteiger partial charge is 0.00425 e. The number of hydrogen-bond acceptors (Lipinski definition) is 1. The minimum atomic E-state index is 0.706. The fourth-order valence-electron chi connectivity index (χ4n) is 1.85. The van der Waals surface area contributed by atoms with Crippen LogP contribution in [0.3, 0.4) is 0 Å². The molecule has 2 aromatic carbocycles. The summed E-state index contributed by atoms with van der Waals surface area (Å²) in [6, 6.07) is 17.2. The lowest BCUT2D eigenvalue weighted by Gasteiger charge is -2.03. The molecule has 0 aromatic heterocycles. The molecule has 2 aromatic rings. The summed E-state index contributed by atoms with van der Waals surface area (Å²) in [5, 5.41) is 0. The standard InChI is InChI=1S/C17H19N/c1-14-5-9-16(10-6-14)17-11-7-15(8-12-17)4-2-3-13-18/h2,4-12H,3,13,18H2,1H3/b4-2+. The number of rotatable bonds is 4. The summed E-state index contributed by atoms with van der Waals surface area (Å²) in [6.07, 6.45) is 5.16. The molecule has 0 atom stereocenters. The Hall–Kier alpha value is -1.86. The van der Waals surface area contributed by atoms with Crippen LogP contribution in [0.1, 0.15) is 17.5 Å². The molecule has 0 aliphatic rings. The monoisotopic (exact) mass is 237 g/mol. The van der Waals surface area contributed by atoms with Crippen molar-refractivity contribution in [1.29, 1.82) is 0 Å². The van der Waals surface area contributed by atoms with Gasteiger partial charge in [-0.3, -0.25) is 0 Å². The fourth-order valence-corrected chi connectivity index (χ4v) is 1.85. The highest BCUT2D eigenvalue weighted by molar-refractivity contribution is 5.65. The van der Waals surface area contributed by atoms with Gasteiger partial charge in [0.25, 0.3) is 0 Å². The molecule has 0 fully saturated rings. The van der Waals surface area contributed by atoms with E-state index in [9.17, 15) is 0 Å². The second-order valence-electron chi connectivity index (χ2n) is 4.47. The lowest BCUT2D eigenvalue weighted by molar-refractivity contribution is 1.01. The predicted molar refractivity (Wildman–Crippen MR) is 79.3 cm³/mol. The van der Waals surface area contributed by atoms with Crippen LogP contribution in [0.25, 0.3) is 17.2 Å². The Kier molecular flexibility index (Phi) is 4.32. The quantitative estimate of drug-likeness (QED) is 0.853. The molecular formula is C17H19N. The number of nitrogens with two attached hydrogens (primary N) is 1. The number of benzene rings is 2. The van der Waals surface area contributed by atoms with Crippen LogP contribution in [0.5, 0.6) is 0 Å². The van der Waals surface area contributed by atoms with Gasteiger partial charge in [0, 0.05) is 0 Å². The van der Waals surface area contributed by atoms with Crippen molar-refractivity contribution in [3.63, 3.8) is 0 Å². The van der Waals surface area contributed by atoms with Crippen LogP contribution < -0.4 is 5.73 Å². The van der Waals surface area contributed by atoms with Crippen molar-refractivity contribution in [3.8, 4) is 11.1 Å². The molecule has 0 radical (unpaired) electrons. The van der Waals surface area contributed by atoms with Crippen LogP contribution in [-0.4, -0.2) is 6.54 Å². The summed E-state index contributed by atoms with van der Waals surface area (Å²) in [4.78, 5) is 0. The van der Waals surface area contributed by atoms with Crippen molar-refractivity contribution in [2.75, 3.05) is 6.54 Å². The second-order valence-corrected chi connectivity index (χ2v) is 4.47. The molecule has 1 nitrogen and oxygen atoms in total. The Morgan fingerprint density at radius 3 is 2.00 bits per heavy atom. The van der Waals surface area contributed by atoms with Crippen molar-refractivity contribution in [2.24, 2.45) is 5.73 Å². The summed E-state index contributed by atoms with van der Waals surface area (Å²) in [5.41, 5.74) is 10.5. The van der Waals surface area contributed by atoms with Crippen molar-refractivity contribution in [3.05, 3.63) is 65.7 Å². The molecule has 1 heteroatoms. The average Bonchev–Trinajstić information content (AvgIpc) is 2.41. The summed E-state index contributed by atoms with van der Waals surface area (Å²) in [5.74, 6) is 0. The van der Waals surface area contributed by atoms with Gasteiger partial charge in [0.1, 0.15) is 0 Å². The topological polar surface area (TPSA) is 26.0 Å². The third kappa shape index (κ3) is 3.31. The molecule has 0 amide bonds. The zero-order valence-electron chi connectivity index (χ0n) is 10.8. The van der Waals surface area contributed by atoms with Crippen molar-refractivity contribution >= 4 is 6.08 Å². The SMILES string of the molecule is Cc1ccc(-c2ccc(/C=C/CCN)cc2)cc1. The molecule has 0 bridgehead atoms. The highest BCUT2D eigenvalue weighted by Crippen LogP contribution is 2.20. The Balaban J connectivity index is 2.14. The second kappa shape index (κ2) is 6.18. The third-order valence-electron chi connectivity index (χ3n) is 2.94. The third-order valence-corrected chi connectivity index (χ3v) is 2.94. The number of hydrogen-bond donors (Lipinski definition) is 1. The molecule has 18 heavy (non-hydrogen) atoms. The Morgan fingerprint density at radius 1 is 0.889 bits per heavy atom. The molecule has 0 saturated heterocycles. The zero-order chi connectivity index (χ0) is 12.8. The van der Waals surface area contributed by atoms with Crippen LogP contribution >= 0.6 is 0 Å². The van der Waals surface area contributed by atoms with Crippen molar-refractivity contribution in [1.82, 2.24) is 0 Å². The predicted octanol–water partition coefficient (Wildman–Crippen LogP) is 4.02. The van der Waals surface area contributed by atoms with Gasteiger partial charge in [-0.05, 0) is 36.6 Å². The van der Waals surface area contributed by atoms with Gasteiger partial charge in [0.15, 0.2) is 0 Å². The fraction of sp³-hybridized carbons (Fsp3) is 0.176. The normalized spacial score (nSPS) is 11.0. The van der Waals surface area contributed by atoms with E-state index in [1.165, 1.54) is 22.3 Å².